The van der Waals surface area contributed by atoms with Gasteiger partial charge in [0.05, 0.1) is 13.2 Å². The Labute approximate surface area is 99.1 Å². The Morgan fingerprint density at radius 2 is 1.94 bits per heavy atom. The first kappa shape index (κ1) is 13.7. The van der Waals surface area contributed by atoms with Crippen LogP contribution in [0.25, 0.3) is 0 Å². The van der Waals surface area contributed by atoms with E-state index in [2.05, 4.69) is 0 Å². The van der Waals surface area contributed by atoms with Gasteiger partial charge >= 0.3 is 5.97 Å². The van der Waals surface area contributed by atoms with Gasteiger partial charge in [-0.25, -0.2) is 4.79 Å². The van der Waals surface area contributed by atoms with Crippen LogP contribution >= 0.6 is 0 Å². The molecule has 0 spiro atoms. The number of furan rings is 1. The van der Waals surface area contributed by atoms with Gasteiger partial charge in [0.25, 0.3) is 0 Å². The van der Waals surface area contributed by atoms with Crippen LogP contribution in [0, 0.1) is 6.92 Å². The Balaban J connectivity index is 2.74. The molecular formula is C11H17NO5. The highest BCUT2D eigenvalue weighted by molar-refractivity contribution is 5.84. The number of aliphatic hydroxyl groups is 2. The number of aliphatic hydroxyl groups excluding tert-OH is 2. The summed E-state index contributed by atoms with van der Waals surface area (Å²) in [6.45, 7) is 2.97. The highest BCUT2D eigenvalue weighted by atomic mass is 16.4. The predicted molar refractivity (Wildman–Crippen MR) is 59.9 cm³/mol. The second-order valence-electron chi connectivity index (χ2n) is 3.72. The Morgan fingerprint density at radius 1 is 1.35 bits per heavy atom. The van der Waals surface area contributed by atoms with Crippen LogP contribution in [0.3, 0.4) is 0 Å². The summed E-state index contributed by atoms with van der Waals surface area (Å²) in [6, 6.07) is 1.47. The van der Waals surface area contributed by atoms with Crippen LogP contribution in [0.15, 0.2) is 10.5 Å². The summed E-state index contributed by atoms with van der Waals surface area (Å²) in [7, 11) is 0. The lowest BCUT2D eigenvalue weighted by atomic mass is 10.2. The molecule has 0 amide bonds. The second-order valence-corrected chi connectivity index (χ2v) is 3.72. The fraction of sp³-hybridized carbons (Fsp3) is 0.545. The SMILES string of the molecule is Cc1oc(C(=O)O)cc1CN(CCO)CCO. The number of hydrogen-bond donors (Lipinski definition) is 3. The van der Waals surface area contributed by atoms with Gasteiger partial charge in [0.15, 0.2) is 0 Å². The van der Waals surface area contributed by atoms with Crippen molar-refractivity contribution in [3.05, 3.63) is 23.2 Å². The summed E-state index contributed by atoms with van der Waals surface area (Å²) >= 11 is 0. The molecule has 17 heavy (non-hydrogen) atoms. The molecule has 1 rings (SSSR count). The van der Waals surface area contributed by atoms with Gasteiger partial charge in [0, 0.05) is 25.2 Å². The maximum atomic E-state index is 10.7. The van der Waals surface area contributed by atoms with Crippen LogP contribution in [0.4, 0.5) is 0 Å². The van der Waals surface area contributed by atoms with E-state index in [1.54, 1.807) is 6.92 Å². The fourth-order valence-electron chi connectivity index (χ4n) is 1.58. The molecule has 0 unspecified atom stereocenters. The summed E-state index contributed by atoms with van der Waals surface area (Å²) in [4.78, 5) is 12.5. The molecule has 0 aliphatic rings. The zero-order valence-corrected chi connectivity index (χ0v) is 9.72. The third-order valence-electron chi connectivity index (χ3n) is 2.46. The van der Waals surface area contributed by atoms with E-state index in [0.29, 0.717) is 25.4 Å². The van der Waals surface area contributed by atoms with E-state index in [-0.39, 0.29) is 19.0 Å². The van der Waals surface area contributed by atoms with Crippen LogP contribution in [-0.4, -0.2) is 52.5 Å². The molecule has 0 aliphatic carbocycles. The number of nitrogens with zero attached hydrogens (tertiary/aromatic N) is 1. The number of hydrogen-bond acceptors (Lipinski definition) is 5. The normalized spacial score (nSPS) is 11.1. The van der Waals surface area contributed by atoms with Crippen molar-refractivity contribution in [1.29, 1.82) is 0 Å². The standard InChI is InChI=1S/C11H17NO5/c1-8-9(6-10(17-8)11(15)16)7-12(2-4-13)3-5-14/h6,13-14H,2-5,7H2,1H3,(H,15,16). The van der Waals surface area contributed by atoms with Crippen molar-refractivity contribution >= 4 is 5.97 Å². The van der Waals surface area contributed by atoms with E-state index < -0.39 is 5.97 Å². The summed E-state index contributed by atoms with van der Waals surface area (Å²) in [5, 5.41) is 26.5. The van der Waals surface area contributed by atoms with E-state index in [9.17, 15) is 4.79 Å². The number of aromatic carboxylic acids is 1. The molecule has 6 nitrogen and oxygen atoms in total. The van der Waals surface area contributed by atoms with Gasteiger partial charge in [0.1, 0.15) is 5.76 Å². The zero-order valence-electron chi connectivity index (χ0n) is 9.72. The summed E-state index contributed by atoms with van der Waals surface area (Å²) < 4.78 is 5.08. The van der Waals surface area contributed by atoms with Crippen molar-refractivity contribution in [3.63, 3.8) is 0 Å². The number of carbonyl (C=O) groups is 1. The number of carboxylic acid groups (broad SMARTS) is 1. The molecular weight excluding hydrogens is 226 g/mol. The maximum Gasteiger partial charge on any atom is 0.371 e. The minimum absolute atomic E-state index is 0.0112. The molecule has 0 bridgehead atoms. The molecule has 0 radical (unpaired) electrons. The first-order chi connectivity index (χ1) is 8.08. The maximum absolute atomic E-state index is 10.7. The van der Waals surface area contributed by atoms with Crippen molar-refractivity contribution in [1.82, 2.24) is 4.90 Å². The van der Waals surface area contributed by atoms with E-state index in [4.69, 9.17) is 19.7 Å². The van der Waals surface area contributed by atoms with Gasteiger partial charge in [0.2, 0.25) is 5.76 Å². The third-order valence-corrected chi connectivity index (χ3v) is 2.46. The Bertz CT molecular complexity index is 368. The molecule has 0 aromatic carbocycles. The van der Waals surface area contributed by atoms with Gasteiger partial charge in [-0.3, -0.25) is 4.90 Å². The molecule has 1 heterocycles. The molecule has 0 saturated carbocycles. The highest BCUT2D eigenvalue weighted by Crippen LogP contribution is 2.16. The highest BCUT2D eigenvalue weighted by Gasteiger charge is 2.15. The van der Waals surface area contributed by atoms with E-state index in [1.807, 2.05) is 4.90 Å². The first-order valence-electron chi connectivity index (χ1n) is 5.35. The minimum Gasteiger partial charge on any atom is -0.475 e. The van der Waals surface area contributed by atoms with Crippen LogP contribution in [0.5, 0.6) is 0 Å². The van der Waals surface area contributed by atoms with Crippen LogP contribution in [0.2, 0.25) is 0 Å². The molecule has 1 aromatic heterocycles. The Morgan fingerprint density at radius 3 is 2.35 bits per heavy atom. The lowest BCUT2D eigenvalue weighted by Crippen LogP contribution is -2.29. The van der Waals surface area contributed by atoms with Crippen LogP contribution < -0.4 is 0 Å². The average Bonchev–Trinajstić information content (AvgIpc) is 2.61. The number of rotatable bonds is 7. The monoisotopic (exact) mass is 243 g/mol. The molecule has 1 aromatic rings. The molecule has 96 valence electrons. The lowest BCUT2D eigenvalue weighted by Gasteiger charge is -2.19. The van der Waals surface area contributed by atoms with Gasteiger partial charge in [-0.05, 0) is 13.0 Å². The van der Waals surface area contributed by atoms with E-state index >= 15 is 0 Å². The van der Waals surface area contributed by atoms with Gasteiger partial charge < -0.3 is 19.7 Å². The molecule has 0 aliphatic heterocycles. The average molecular weight is 243 g/mol. The zero-order chi connectivity index (χ0) is 12.8. The van der Waals surface area contributed by atoms with E-state index in [0.717, 1.165) is 5.56 Å². The predicted octanol–water partition coefficient (Wildman–Crippen LogP) is 0.0728. The minimum atomic E-state index is -1.10. The fourth-order valence-corrected chi connectivity index (χ4v) is 1.58. The Kier molecular flexibility index (Phi) is 5.14. The van der Waals surface area contributed by atoms with Gasteiger partial charge in [-0.1, -0.05) is 0 Å². The first-order valence-corrected chi connectivity index (χ1v) is 5.35. The smallest absolute Gasteiger partial charge is 0.371 e. The van der Waals surface area contributed by atoms with Crippen LogP contribution in [-0.2, 0) is 6.54 Å². The summed E-state index contributed by atoms with van der Waals surface area (Å²) in [5.41, 5.74) is 0.754. The summed E-state index contributed by atoms with van der Waals surface area (Å²) in [6.07, 6.45) is 0. The lowest BCUT2D eigenvalue weighted by molar-refractivity contribution is 0.0661. The van der Waals surface area contributed by atoms with Crippen molar-refractivity contribution in [2.45, 2.75) is 13.5 Å². The van der Waals surface area contributed by atoms with E-state index in [1.165, 1.54) is 6.07 Å². The van der Waals surface area contributed by atoms with Gasteiger partial charge in [-0.15, -0.1) is 0 Å². The second kappa shape index (κ2) is 6.39. The molecule has 0 fully saturated rings. The van der Waals surface area contributed by atoms with Crippen molar-refractivity contribution in [3.8, 4) is 0 Å². The van der Waals surface area contributed by atoms with Gasteiger partial charge in [-0.2, -0.15) is 0 Å². The molecule has 0 saturated heterocycles. The van der Waals surface area contributed by atoms with Crippen molar-refractivity contribution < 1.29 is 24.5 Å². The third kappa shape index (κ3) is 3.85. The van der Waals surface area contributed by atoms with Crippen LogP contribution in [0.1, 0.15) is 21.9 Å². The number of carboxylic acids is 1. The van der Waals surface area contributed by atoms with Crippen molar-refractivity contribution in [2.24, 2.45) is 0 Å². The molecule has 3 N–H and O–H groups in total. The Hall–Kier alpha value is -1.37. The topological polar surface area (TPSA) is 94.1 Å². The summed E-state index contributed by atoms with van der Waals surface area (Å²) in [5.74, 6) is -0.649. The molecule has 0 atom stereocenters. The largest absolute Gasteiger partial charge is 0.475 e. The van der Waals surface area contributed by atoms with Crippen molar-refractivity contribution in [2.75, 3.05) is 26.3 Å². The quantitative estimate of drug-likeness (QED) is 0.627. The number of aryl methyl sites for hydroxylation is 1. The molecule has 6 heteroatoms.